The second-order valence-electron chi connectivity index (χ2n) is 8.32. The van der Waals surface area contributed by atoms with Crippen LogP contribution in [0.3, 0.4) is 0 Å². The summed E-state index contributed by atoms with van der Waals surface area (Å²) in [5, 5.41) is 9.08. The molecule has 1 fully saturated rings. The first kappa shape index (κ1) is 27.3. The van der Waals surface area contributed by atoms with Gasteiger partial charge in [-0.15, -0.1) is 0 Å². The largest absolute Gasteiger partial charge is 0.481 e. The van der Waals surface area contributed by atoms with Gasteiger partial charge in [0.1, 0.15) is 0 Å². The van der Waals surface area contributed by atoms with Crippen molar-refractivity contribution in [2.45, 2.75) is 75.6 Å². The summed E-state index contributed by atoms with van der Waals surface area (Å²) in [7, 11) is 0. The van der Waals surface area contributed by atoms with Crippen LogP contribution in [0.2, 0.25) is 0 Å². The predicted octanol–water partition coefficient (Wildman–Crippen LogP) is 6.99. The van der Waals surface area contributed by atoms with Crippen LogP contribution in [-0.4, -0.2) is 40.9 Å². The monoisotopic (exact) mass is 493 g/mol. The van der Waals surface area contributed by atoms with E-state index in [0.29, 0.717) is 5.56 Å². The van der Waals surface area contributed by atoms with E-state index in [1.54, 1.807) is 0 Å². The number of hydrogen-bond donors (Lipinski definition) is 1. The summed E-state index contributed by atoms with van der Waals surface area (Å²) in [5.74, 6) is -1.51. The smallest absolute Gasteiger partial charge is 0.416 e. The van der Waals surface area contributed by atoms with E-state index in [1.807, 2.05) is 0 Å². The van der Waals surface area contributed by atoms with Crippen LogP contribution in [0.4, 0.5) is 39.5 Å². The van der Waals surface area contributed by atoms with Crippen molar-refractivity contribution in [3.63, 3.8) is 0 Å². The molecule has 188 valence electrons. The second kappa shape index (κ2) is 10.5. The summed E-state index contributed by atoms with van der Waals surface area (Å²) in [4.78, 5) is 12.6. The van der Waals surface area contributed by atoms with Crippen LogP contribution in [0.15, 0.2) is 24.3 Å². The van der Waals surface area contributed by atoms with Gasteiger partial charge in [-0.3, -0.25) is 9.69 Å². The molecule has 2 atom stereocenters. The van der Waals surface area contributed by atoms with Crippen LogP contribution in [-0.2, 0) is 11.0 Å². The van der Waals surface area contributed by atoms with E-state index in [0.717, 1.165) is 24.3 Å². The van der Waals surface area contributed by atoms with E-state index in [-0.39, 0.29) is 25.8 Å². The minimum absolute atomic E-state index is 0.0457. The highest BCUT2D eigenvalue weighted by atomic mass is 19.4. The Morgan fingerprint density at radius 1 is 0.939 bits per heavy atom. The molecule has 1 aliphatic rings. The lowest BCUT2D eigenvalue weighted by Crippen LogP contribution is -2.45. The SMILES string of the molecule is O=C(O)C[C@@H]1CCN(C(CCC(F)(F)F)CCC(F)(F)F)[C@H](c2ccc(C(F)(F)F)cc2)C1. The molecule has 0 aromatic heterocycles. The first-order chi connectivity index (χ1) is 15.0. The molecular weight excluding hydrogens is 469 g/mol. The van der Waals surface area contributed by atoms with Gasteiger partial charge in [-0.2, -0.15) is 39.5 Å². The Balaban J connectivity index is 2.35. The highest BCUT2D eigenvalue weighted by Crippen LogP contribution is 2.41. The standard InChI is InChI=1S/C21H24F9NO2/c22-19(23,24)8-5-16(6-9-20(25,26)27)31-10-7-13(12-18(32)33)11-17(31)14-1-3-15(4-2-14)21(28,29)30/h1-4,13,16-17H,5-12H2,(H,32,33)/t13-,17+/m1/s1. The number of likely N-dealkylation sites (tertiary alicyclic amines) is 1. The van der Waals surface area contributed by atoms with Crippen molar-refractivity contribution in [2.24, 2.45) is 5.92 Å². The molecule has 1 aromatic carbocycles. The number of rotatable bonds is 8. The van der Waals surface area contributed by atoms with Gasteiger partial charge >= 0.3 is 24.5 Å². The molecule has 2 rings (SSSR count). The van der Waals surface area contributed by atoms with Crippen LogP contribution in [0.1, 0.15) is 62.1 Å². The molecule has 33 heavy (non-hydrogen) atoms. The third kappa shape index (κ3) is 9.05. The molecule has 0 amide bonds. The Bertz CT molecular complexity index is 754. The second-order valence-corrected chi connectivity index (χ2v) is 8.32. The maximum absolute atomic E-state index is 12.9. The minimum Gasteiger partial charge on any atom is -0.481 e. The molecule has 3 nitrogen and oxygen atoms in total. The van der Waals surface area contributed by atoms with E-state index in [4.69, 9.17) is 5.11 Å². The number of hydrogen-bond acceptors (Lipinski definition) is 2. The molecule has 1 aliphatic heterocycles. The first-order valence-corrected chi connectivity index (χ1v) is 10.3. The Morgan fingerprint density at radius 3 is 1.88 bits per heavy atom. The third-order valence-corrected chi connectivity index (χ3v) is 5.83. The normalized spacial score (nSPS) is 20.9. The number of aliphatic carboxylic acids is 1. The van der Waals surface area contributed by atoms with Gasteiger partial charge in [-0.1, -0.05) is 12.1 Å². The van der Waals surface area contributed by atoms with E-state index >= 15 is 0 Å². The third-order valence-electron chi connectivity index (χ3n) is 5.83. The molecule has 0 bridgehead atoms. The van der Waals surface area contributed by atoms with E-state index in [9.17, 15) is 44.3 Å². The molecule has 0 spiro atoms. The van der Waals surface area contributed by atoms with Gasteiger partial charge in [-0.05, 0) is 55.8 Å². The minimum atomic E-state index is -4.61. The Labute approximate surface area is 184 Å². The van der Waals surface area contributed by atoms with Crippen molar-refractivity contribution in [1.29, 1.82) is 0 Å². The summed E-state index contributed by atoms with van der Waals surface area (Å²) >= 11 is 0. The highest BCUT2D eigenvalue weighted by Gasteiger charge is 2.39. The fourth-order valence-electron chi connectivity index (χ4n) is 4.28. The van der Waals surface area contributed by atoms with Crippen molar-refractivity contribution in [3.05, 3.63) is 35.4 Å². The fraction of sp³-hybridized carbons (Fsp3) is 0.667. The number of carboxylic acids is 1. The van der Waals surface area contributed by atoms with Gasteiger partial charge in [0.15, 0.2) is 0 Å². The summed E-state index contributed by atoms with van der Waals surface area (Å²) in [5.41, 5.74) is -0.650. The fourth-order valence-corrected chi connectivity index (χ4v) is 4.28. The predicted molar refractivity (Wildman–Crippen MR) is 100 cm³/mol. The zero-order chi connectivity index (χ0) is 25.0. The maximum Gasteiger partial charge on any atom is 0.416 e. The summed E-state index contributed by atoms with van der Waals surface area (Å²) in [6.07, 6.45) is -17.5. The molecule has 0 radical (unpaired) electrons. The molecule has 1 N–H and O–H groups in total. The number of carbonyl (C=O) groups is 1. The molecule has 12 heteroatoms. The summed E-state index contributed by atoms with van der Waals surface area (Å²) in [6, 6.07) is 1.98. The van der Waals surface area contributed by atoms with Crippen molar-refractivity contribution in [2.75, 3.05) is 6.54 Å². The summed E-state index contributed by atoms with van der Waals surface area (Å²) < 4.78 is 116. The topological polar surface area (TPSA) is 40.5 Å². The lowest BCUT2D eigenvalue weighted by atomic mass is 9.83. The quantitative estimate of drug-likeness (QED) is 0.397. The molecule has 0 saturated carbocycles. The van der Waals surface area contributed by atoms with Crippen LogP contribution in [0.25, 0.3) is 0 Å². The van der Waals surface area contributed by atoms with E-state index < -0.39 is 73.7 Å². The molecule has 1 heterocycles. The van der Waals surface area contributed by atoms with Gasteiger partial charge in [0.25, 0.3) is 0 Å². The zero-order valence-electron chi connectivity index (χ0n) is 17.4. The van der Waals surface area contributed by atoms with Crippen molar-refractivity contribution in [1.82, 2.24) is 4.90 Å². The number of benzene rings is 1. The number of piperidine rings is 1. The Morgan fingerprint density at radius 2 is 1.45 bits per heavy atom. The number of alkyl halides is 9. The lowest BCUT2D eigenvalue weighted by molar-refractivity contribution is -0.148. The van der Waals surface area contributed by atoms with Crippen molar-refractivity contribution in [3.8, 4) is 0 Å². The summed E-state index contributed by atoms with van der Waals surface area (Å²) in [6.45, 7) is 0.0457. The Kier molecular flexibility index (Phi) is 8.69. The van der Waals surface area contributed by atoms with Crippen LogP contribution < -0.4 is 0 Å². The first-order valence-electron chi connectivity index (χ1n) is 10.3. The zero-order valence-corrected chi connectivity index (χ0v) is 17.4. The van der Waals surface area contributed by atoms with Gasteiger partial charge in [0.2, 0.25) is 0 Å². The highest BCUT2D eigenvalue weighted by molar-refractivity contribution is 5.67. The van der Waals surface area contributed by atoms with Crippen LogP contribution in [0.5, 0.6) is 0 Å². The van der Waals surface area contributed by atoms with Crippen molar-refractivity contribution < 1.29 is 49.4 Å². The lowest BCUT2D eigenvalue weighted by Gasteiger charge is -2.44. The number of carboxylic acid groups (broad SMARTS) is 1. The average Bonchev–Trinajstić information content (AvgIpc) is 2.66. The molecular formula is C21H24F9NO2. The number of halogens is 9. The van der Waals surface area contributed by atoms with Gasteiger partial charge in [0.05, 0.1) is 5.56 Å². The average molecular weight is 493 g/mol. The maximum atomic E-state index is 12.9. The number of nitrogens with zero attached hydrogens (tertiary/aromatic N) is 1. The van der Waals surface area contributed by atoms with Gasteiger partial charge in [-0.25, -0.2) is 0 Å². The van der Waals surface area contributed by atoms with Crippen LogP contribution in [0, 0.1) is 5.92 Å². The Hall–Kier alpha value is -1.98. The van der Waals surface area contributed by atoms with E-state index in [2.05, 4.69) is 0 Å². The van der Waals surface area contributed by atoms with Gasteiger partial charge in [0, 0.05) is 31.3 Å². The van der Waals surface area contributed by atoms with Gasteiger partial charge < -0.3 is 5.11 Å². The van der Waals surface area contributed by atoms with Crippen molar-refractivity contribution >= 4 is 5.97 Å². The molecule has 1 saturated heterocycles. The molecule has 1 aromatic rings. The van der Waals surface area contributed by atoms with Crippen LogP contribution >= 0.6 is 0 Å². The molecule has 0 unspecified atom stereocenters. The van der Waals surface area contributed by atoms with E-state index in [1.165, 1.54) is 4.90 Å². The molecule has 0 aliphatic carbocycles.